The van der Waals surface area contributed by atoms with Crippen LogP contribution in [0.25, 0.3) is 6.08 Å². The van der Waals surface area contributed by atoms with Gasteiger partial charge in [-0.2, -0.15) is 8.78 Å². The van der Waals surface area contributed by atoms with E-state index in [-0.39, 0.29) is 6.54 Å². The Morgan fingerprint density at radius 2 is 2.33 bits per heavy atom. The Hall–Kier alpha value is -1.56. The van der Waals surface area contributed by atoms with Crippen molar-refractivity contribution in [3.05, 3.63) is 28.5 Å². The molecule has 1 atom stereocenters. The zero-order valence-electron chi connectivity index (χ0n) is 9.38. The first-order valence-corrected chi connectivity index (χ1v) is 6.27. The Morgan fingerprint density at radius 1 is 1.56 bits per heavy atom. The SMILES string of the molecule is O=C[C@H]1CC(F)(F)C(=O)N1C/C=C\c1cccs1. The minimum Gasteiger partial charge on any atom is -0.324 e. The van der Waals surface area contributed by atoms with Gasteiger partial charge in [0.2, 0.25) is 0 Å². The second-order valence-corrected chi connectivity index (χ2v) is 4.97. The van der Waals surface area contributed by atoms with Crippen LogP contribution < -0.4 is 0 Å². The van der Waals surface area contributed by atoms with Gasteiger partial charge in [0.15, 0.2) is 0 Å². The molecular weight excluding hydrogens is 260 g/mol. The van der Waals surface area contributed by atoms with Crippen molar-refractivity contribution in [2.24, 2.45) is 0 Å². The molecule has 18 heavy (non-hydrogen) atoms. The van der Waals surface area contributed by atoms with Crippen molar-refractivity contribution >= 4 is 29.6 Å². The first-order chi connectivity index (χ1) is 8.54. The highest BCUT2D eigenvalue weighted by atomic mass is 32.1. The summed E-state index contributed by atoms with van der Waals surface area (Å²) in [6.45, 7) is 0.0235. The fourth-order valence-electron chi connectivity index (χ4n) is 1.83. The number of alkyl halides is 2. The van der Waals surface area contributed by atoms with Crippen LogP contribution in [0.15, 0.2) is 23.6 Å². The molecular formula is C12H11F2NO2S. The van der Waals surface area contributed by atoms with Crippen LogP contribution in [0.2, 0.25) is 0 Å². The van der Waals surface area contributed by atoms with E-state index in [1.54, 1.807) is 12.2 Å². The molecule has 0 radical (unpaired) electrons. The van der Waals surface area contributed by atoms with Crippen molar-refractivity contribution in [3.63, 3.8) is 0 Å². The molecule has 1 aromatic rings. The summed E-state index contributed by atoms with van der Waals surface area (Å²) in [6.07, 6.45) is 3.04. The van der Waals surface area contributed by atoms with Gasteiger partial charge >= 0.3 is 5.92 Å². The summed E-state index contributed by atoms with van der Waals surface area (Å²) < 4.78 is 26.3. The Morgan fingerprint density at radius 3 is 2.94 bits per heavy atom. The number of nitrogens with zero attached hydrogens (tertiary/aromatic N) is 1. The molecule has 1 fully saturated rings. The quantitative estimate of drug-likeness (QED) is 0.787. The van der Waals surface area contributed by atoms with Gasteiger partial charge in [-0.25, -0.2) is 0 Å². The maximum absolute atomic E-state index is 13.2. The zero-order chi connectivity index (χ0) is 13.2. The normalized spacial score (nSPS) is 22.9. The number of likely N-dealkylation sites (tertiary alicyclic amines) is 1. The molecule has 1 amide bonds. The van der Waals surface area contributed by atoms with E-state index in [1.807, 2.05) is 17.5 Å². The molecule has 0 spiro atoms. The molecule has 0 N–H and O–H groups in total. The molecule has 2 rings (SSSR count). The van der Waals surface area contributed by atoms with Gasteiger partial charge in [-0.05, 0) is 17.5 Å². The topological polar surface area (TPSA) is 37.4 Å². The van der Waals surface area contributed by atoms with E-state index >= 15 is 0 Å². The van der Waals surface area contributed by atoms with E-state index in [1.165, 1.54) is 11.3 Å². The predicted molar refractivity (Wildman–Crippen MR) is 64.5 cm³/mol. The summed E-state index contributed by atoms with van der Waals surface area (Å²) in [5, 5.41) is 1.89. The monoisotopic (exact) mass is 271 g/mol. The molecule has 0 aliphatic carbocycles. The lowest BCUT2D eigenvalue weighted by Gasteiger charge is -2.17. The molecule has 1 saturated heterocycles. The van der Waals surface area contributed by atoms with E-state index in [4.69, 9.17) is 0 Å². The second kappa shape index (κ2) is 4.97. The summed E-state index contributed by atoms with van der Waals surface area (Å²) in [7, 11) is 0. The molecule has 3 nitrogen and oxygen atoms in total. The number of hydrogen-bond donors (Lipinski definition) is 0. The van der Waals surface area contributed by atoms with Crippen LogP contribution in [0, 0.1) is 0 Å². The lowest BCUT2D eigenvalue weighted by Crippen LogP contribution is -2.37. The highest BCUT2D eigenvalue weighted by Gasteiger charge is 2.52. The van der Waals surface area contributed by atoms with Gasteiger partial charge in [0, 0.05) is 17.8 Å². The molecule has 1 aliphatic rings. The number of carbonyl (C=O) groups is 2. The number of rotatable bonds is 4. The summed E-state index contributed by atoms with van der Waals surface area (Å²) in [4.78, 5) is 24.0. The lowest BCUT2D eigenvalue weighted by molar-refractivity contribution is -0.147. The maximum atomic E-state index is 13.2. The van der Waals surface area contributed by atoms with E-state index in [2.05, 4.69) is 0 Å². The van der Waals surface area contributed by atoms with Gasteiger partial charge in [0.05, 0.1) is 6.04 Å². The molecule has 1 aromatic heterocycles. The minimum absolute atomic E-state index is 0.0235. The van der Waals surface area contributed by atoms with Crippen LogP contribution in [0.1, 0.15) is 11.3 Å². The van der Waals surface area contributed by atoms with Gasteiger partial charge < -0.3 is 9.69 Å². The third-order valence-electron chi connectivity index (χ3n) is 2.72. The average molecular weight is 271 g/mol. The van der Waals surface area contributed by atoms with Crippen LogP contribution in [-0.4, -0.2) is 35.6 Å². The average Bonchev–Trinajstić information content (AvgIpc) is 2.90. The van der Waals surface area contributed by atoms with Gasteiger partial charge in [-0.15, -0.1) is 11.3 Å². The van der Waals surface area contributed by atoms with Crippen molar-refractivity contribution < 1.29 is 18.4 Å². The lowest BCUT2D eigenvalue weighted by atomic mass is 10.2. The third-order valence-corrected chi connectivity index (χ3v) is 3.56. The number of amides is 1. The number of carbonyl (C=O) groups excluding carboxylic acids is 2. The van der Waals surface area contributed by atoms with Crippen molar-refractivity contribution in [2.75, 3.05) is 6.54 Å². The van der Waals surface area contributed by atoms with Gasteiger partial charge in [-0.1, -0.05) is 12.1 Å². The maximum Gasteiger partial charge on any atom is 0.327 e. The molecule has 6 heteroatoms. The Bertz CT molecular complexity index is 470. The standard InChI is InChI=1S/C12H11F2NO2S/c13-12(14)7-9(8-16)15(11(12)17)5-1-3-10-4-2-6-18-10/h1-4,6,8-9H,5,7H2/b3-1-/t9-/m1/s1. The molecule has 96 valence electrons. The minimum atomic E-state index is -3.41. The highest BCUT2D eigenvalue weighted by molar-refractivity contribution is 7.10. The fraction of sp³-hybridized carbons (Fsp3) is 0.333. The Balaban J connectivity index is 2.04. The summed E-state index contributed by atoms with van der Waals surface area (Å²) in [6, 6.07) is 2.72. The predicted octanol–water partition coefficient (Wildman–Crippen LogP) is 2.20. The number of thiophene rings is 1. The number of halogens is 2. The van der Waals surface area contributed by atoms with Gasteiger partial charge in [0.1, 0.15) is 6.29 Å². The number of hydrogen-bond acceptors (Lipinski definition) is 3. The van der Waals surface area contributed by atoms with Crippen LogP contribution in [0.4, 0.5) is 8.78 Å². The van der Waals surface area contributed by atoms with Crippen LogP contribution in [0.3, 0.4) is 0 Å². The second-order valence-electron chi connectivity index (χ2n) is 3.99. The Labute approximate surface area is 107 Å². The molecule has 0 saturated carbocycles. The van der Waals surface area contributed by atoms with Crippen LogP contribution >= 0.6 is 11.3 Å². The zero-order valence-corrected chi connectivity index (χ0v) is 10.2. The molecule has 1 aliphatic heterocycles. The highest BCUT2D eigenvalue weighted by Crippen LogP contribution is 2.32. The van der Waals surface area contributed by atoms with Crippen molar-refractivity contribution in [2.45, 2.75) is 18.4 Å². The van der Waals surface area contributed by atoms with E-state index < -0.39 is 24.3 Å². The third kappa shape index (κ3) is 2.48. The van der Waals surface area contributed by atoms with Crippen molar-refractivity contribution in [1.29, 1.82) is 0 Å². The number of aldehydes is 1. The van der Waals surface area contributed by atoms with E-state index in [0.717, 1.165) is 9.78 Å². The van der Waals surface area contributed by atoms with Gasteiger partial charge in [0.25, 0.3) is 5.91 Å². The largest absolute Gasteiger partial charge is 0.327 e. The van der Waals surface area contributed by atoms with Crippen LogP contribution in [0.5, 0.6) is 0 Å². The summed E-state index contributed by atoms with van der Waals surface area (Å²) >= 11 is 1.50. The first-order valence-electron chi connectivity index (χ1n) is 5.39. The van der Waals surface area contributed by atoms with Crippen molar-refractivity contribution in [3.8, 4) is 0 Å². The molecule has 0 bridgehead atoms. The van der Waals surface area contributed by atoms with E-state index in [9.17, 15) is 18.4 Å². The van der Waals surface area contributed by atoms with Gasteiger partial charge in [-0.3, -0.25) is 4.79 Å². The van der Waals surface area contributed by atoms with Crippen LogP contribution in [-0.2, 0) is 9.59 Å². The molecule has 0 unspecified atom stereocenters. The van der Waals surface area contributed by atoms with Crippen molar-refractivity contribution in [1.82, 2.24) is 4.90 Å². The van der Waals surface area contributed by atoms with E-state index in [0.29, 0.717) is 6.29 Å². The summed E-state index contributed by atoms with van der Waals surface area (Å²) in [5.41, 5.74) is 0. The molecule has 0 aromatic carbocycles. The Kier molecular flexibility index (Phi) is 3.56. The molecule has 2 heterocycles. The first kappa shape index (κ1) is 12.9. The smallest absolute Gasteiger partial charge is 0.324 e. The fourth-order valence-corrected chi connectivity index (χ4v) is 2.48. The summed E-state index contributed by atoms with van der Waals surface area (Å²) in [5.74, 6) is -4.68.